The fraction of sp³-hybridized carbons (Fsp3) is 0.231. The molecule has 0 aliphatic heterocycles. The van der Waals surface area contributed by atoms with E-state index in [4.69, 9.17) is 23.2 Å². The minimum atomic E-state index is -0.304. The van der Waals surface area contributed by atoms with Crippen LogP contribution in [0.2, 0.25) is 10.3 Å². The van der Waals surface area contributed by atoms with E-state index < -0.39 is 0 Å². The van der Waals surface area contributed by atoms with E-state index in [2.05, 4.69) is 4.98 Å². The molecule has 0 aliphatic carbocycles. The summed E-state index contributed by atoms with van der Waals surface area (Å²) in [5.74, 6) is 0. The van der Waals surface area contributed by atoms with Crippen molar-refractivity contribution in [3.8, 4) is 0 Å². The normalized spacial score (nSPS) is 10.6. The van der Waals surface area contributed by atoms with Gasteiger partial charge in [0.2, 0.25) is 0 Å². The number of rotatable bonds is 3. The van der Waals surface area contributed by atoms with Crippen molar-refractivity contribution < 1.29 is 0 Å². The zero-order chi connectivity index (χ0) is 13.1. The van der Waals surface area contributed by atoms with Gasteiger partial charge in [-0.1, -0.05) is 60.5 Å². The lowest BCUT2D eigenvalue weighted by Crippen LogP contribution is -2.26. The maximum Gasteiger partial charge on any atom is 0.288 e. The lowest BCUT2D eigenvalue weighted by molar-refractivity contribution is 0.696. The van der Waals surface area contributed by atoms with E-state index in [-0.39, 0.29) is 15.9 Å². The fourth-order valence-electron chi connectivity index (χ4n) is 1.81. The van der Waals surface area contributed by atoms with E-state index >= 15 is 0 Å². The first-order valence-corrected chi connectivity index (χ1v) is 6.37. The van der Waals surface area contributed by atoms with E-state index in [1.165, 1.54) is 0 Å². The second-order valence-corrected chi connectivity index (χ2v) is 4.59. The van der Waals surface area contributed by atoms with Crippen molar-refractivity contribution in [2.45, 2.75) is 19.9 Å². The van der Waals surface area contributed by atoms with Gasteiger partial charge in [0.05, 0.1) is 12.2 Å². The van der Waals surface area contributed by atoms with Crippen LogP contribution in [0.1, 0.15) is 18.2 Å². The molecule has 0 bridgehead atoms. The van der Waals surface area contributed by atoms with Crippen molar-refractivity contribution in [3.05, 3.63) is 62.2 Å². The van der Waals surface area contributed by atoms with Gasteiger partial charge < -0.3 is 4.57 Å². The molecule has 0 N–H and O–H groups in total. The van der Waals surface area contributed by atoms with Crippen LogP contribution in [0.5, 0.6) is 0 Å². The molecule has 18 heavy (non-hydrogen) atoms. The van der Waals surface area contributed by atoms with Crippen LogP contribution in [0.15, 0.2) is 35.1 Å². The Hall–Kier alpha value is -1.32. The SMILES string of the molecule is CCc1c(Cl)nc(Cl)c(=O)n1Cc1ccccc1. The van der Waals surface area contributed by atoms with Crippen LogP contribution in [0.4, 0.5) is 0 Å². The van der Waals surface area contributed by atoms with Crippen molar-refractivity contribution in [2.24, 2.45) is 0 Å². The van der Waals surface area contributed by atoms with Gasteiger partial charge in [-0.2, -0.15) is 0 Å². The predicted octanol–water partition coefficient (Wildman–Crippen LogP) is 3.16. The van der Waals surface area contributed by atoms with E-state index in [1.54, 1.807) is 4.57 Å². The molecule has 0 aliphatic rings. The molecule has 94 valence electrons. The Morgan fingerprint density at radius 2 is 1.83 bits per heavy atom. The Morgan fingerprint density at radius 3 is 2.44 bits per heavy atom. The number of hydrogen-bond donors (Lipinski definition) is 0. The first kappa shape index (κ1) is 13.1. The summed E-state index contributed by atoms with van der Waals surface area (Å²) >= 11 is 11.8. The molecule has 0 fully saturated rings. The molecule has 0 saturated carbocycles. The number of halogens is 2. The maximum atomic E-state index is 12.0. The van der Waals surface area contributed by atoms with Crippen LogP contribution in [0.3, 0.4) is 0 Å². The highest BCUT2D eigenvalue weighted by molar-refractivity contribution is 6.32. The molecule has 3 nitrogen and oxygen atoms in total. The number of aromatic nitrogens is 2. The molecular formula is C13H12Cl2N2O. The summed E-state index contributed by atoms with van der Waals surface area (Å²) in [4.78, 5) is 15.9. The minimum absolute atomic E-state index is 0.0897. The van der Waals surface area contributed by atoms with E-state index in [0.717, 1.165) is 5.56 Å². The standard InChI is InChI=1S/C13H12Cl2N2O/c1-2-10-11(14)16-12(15)13(18)17(10)8-9-6-4-3-5-7-9/h3-7H,2,8H2,1H3. The van der Waals surface area contributed by atoms with Crippen LogP contribution in [0, 0.1) is 0 Å². The Kier molecular flexibility index (Phi) is 4.04. The van der Waals surface area contributed by atoms with Crippen molar-refractivity contribution in [1.82, 2.24) is 9.55 Å². The molecule has 1 aromatic carbocycles. The molecule has 2 aromatic rings. The second kappa shape index (κ2) is 5.55. The van der Waals surface area contributed by atoms with Crippen LogP contribution < -0.4 is 5.56 Å². The van der Waals surface area contributed by atoms with Gasteiger partial charge >= 0.3 is 0 Å². The molecule has 1 heterocycles. The monoisotopic (exact) mass is 282 g/mol. The third-order valence-electron chi connectivity index (χ3n) is 2.70. The van der Waals surface area contributed by atoms with Gasteiger partial charge in [0, 0.05) is 0 Å². The Morgan fingerprint density at radius 1 is 1.17 bits per heavy atom. The zero-order valence-electron chi connectivity index (χ0n) is 9.86. The third kappa shape index (κ3) is 2.57. The summed E-state index contributed by atoms with van der Waals surface area (Å²) in [6.45, 7) is 2.38. The molecule has 2 rings (SSSR count). The highest BCUT2D eigenvalue weighted by Gasteiger charge is 2.12. The molecule has 0 radical (unpaired) electrons. The summed E-state index contributed by atoms with van der Waals surface area (Å²) in [6.07, 6.45) is 0.630. The van der Waals surface area contributed by atoms with Gasteiger partial charge in [-0.15, -0.1) is 0 Å². The molecule has 0 saturated heterocycles. The summed E-state index contributed by atoms with van der Waals surface area (Å²) < 4.78 is 1.58. The molecule has 0 spiro atoms. The lowest BCUT2D eigenvalue weighted by Gasteiger charge is -2.13. The van der Waals surface area contributed by atoms with Gasteiger partial charge in [-0.05, 0) is 12.0 Å². The first-order valence-electron chi connectivity index (χ1n) is 5.62. The molecule has 0 amide bonds. The average Bonchev–Trinajstić information content (AvgIpc) is 2.37. The van der Waals surface area contributed by atoms with Crippen LogP contribution in [-0.4, -0.2) is 9.55 Å². The zero-order valence-corrected chi connectivity index (χ0v) is 11.4. The van der Waals surface area contributed by atoms with E-state index in [9.17, 15) is 4.79 Å². The van der Waals surface area contributed by atoms with Crippen molar-refractivity contribution in [3.63, 3.8) is 0 Å². The summed E-state index contributed by atoms with van der Waals surface area (Å²) in [5, 5.41) is 0.200. The van der Waals surface area contributed by atoms with Gasteiger partial charge in [0.15, 0.2) is 10.3 Å². The second-order valence-electron chi connectivity index (χ2n) is 3.87. The molecule has 1 aromatic heterocycles. The van der Waals surface area contributed by atoms with E-state index in [0.29, 0.717) is 18.7 Å². The topological polar surface area (TPSA) is 34.9 Å². The largest absolute Gasteiger partial charge is 0.303 e. The molecule has 0 unspecified atom stereocenters. The van der Waals surface area contributed by atoms with Crippen LogP contribution >= 0.6 is 23.2 Å². The number of hydrogen-bond acceptors (Lipinski definition) is 2. The van der Waals surface area contributed by atoms with Crippen molar-refractivity contribution >= 4 is 23.2 Å². The van der Waals surface area contributed by atoms with Crippen molar-refractivity contribution in [2.75, 3.05) is 0 Å². The Labute approximate surface area is 115 Å². The average molecular weight is 283 g/mol. The highest BCUT2D eigenvalue weighted by Crippen LogP contribution is 2.15. The quantitative estimate of drug-likeness (QED) is 0.867. The van der Waals surface area contributed by atoms with Gasteiger partial charge in [0.1, 0.15) is 0 Å². The summed E-state index contributed by atoms with van der Waals surface area (Å²) in [6, 6.07) is 9.69. The minimum Gasteiger partial charge on any atom is -0.303 e. The lowest BCUT2D eigenvalue weighted by atomic mass is 10.2. The summed E-state index contributed by atoms with van der Waals surface area (Å²) in [5.41, 5.74) is 1.42. The molecule has 5 heteroatoms. The van der Waals surface area contributed by atoms with Gasteiger partial charge in [0.25, 0.3) is 5.56 Å². The van der Waals surface area contributed by atoms with Crippen molar-refractivity contribution in [1.29, 1.82) is 0 Å². The number of benzene rings is 1. The highest BCUT2D eigenvalue weighted by atomic mass is 35.5. The van der Waals surface area contributed by atoms with Gasteiger partial charge in [-0.25, -0.2) is 4.98 Å². The maximum absolute atomic E-state index is 12.0. The smallest absolute Gasteiger partial charge is 0.288 e. The Balaban J connectivity index is 2.53. The van der Waals surface area contributed by atoms with Crippen LogP contribution in [-0.2, 0) is 13.0 Å². The van der Waals surface area contributed by atoms with Gasteiger partial charge in [-0.3, -0.25) is 4.79 Å². The number of nitrogens with zero attached hydrogens (tertiary/aromatic N) is 2. The fourth-order valence-corrected chi connectivity index (χ4v) is 2.36. The first-order chi connectivity index (χ1) is 8.63. The molecular weight excluding hydrogens is 271 g/mol. The predicted molar refractivity (Wildman–Crippen MR) is 73.4 cm³/mol. The summed E-state index contributed by atoms with van der Waals surface area (Å²) in [7, 11) is 0. The Bertz CT molecular complexity index is 608. The molecule has 0 atom stereocenters. The van der Waals surface area contributed by atoms with E-state index in [1.807, 2.05) is 37.3 Å². The third-order valence-corrected chi connectivity index (χ3v) is 3.25. The van der Waals surface area contributed by atoms with Crippen LogP contribution in [0.25, 0.3) is 0 Å².